The minimum Gasteiger partial charge on any atom is -0.352 e. The lowest BCUT2D eigenvalue weighted by Gasteiger charge is -2.30. The van der Waals surface area contributed by atoms with Gasteiger partial charge in [0.15, 0.2) is 0 Å². The zero-order valence-electron chi connectivity index (χ0n) is 14.6. The van der Waals surface area contributed by atoms with Gasteiger partial charge in [0, 0.05) is 30.7 Å². The topological polar surface area (TPSA) is 66.5 Å². The van der Waals surface area contributed by atoms with E-state index < -0.39 is 27.7 Å². The third-order valence-corrected chi connectivity index (χ3v) is 5.99. The summed E-state index contributed by atoms with van der Waals surface area (Å²) in [5.41, 5.74) is -0.743. The second-order valence-corrected chi connectivity index (χ2v) is 8.81. The zero-order valence-corrected chi connectivity index (χ0v) is 16.2. The van der Waals surface area contributed by atoms with E-state index in [4.69, 9.17) is 11.6 Å². The van der Waals surface area contributed by atoms with E-state index in [1.54, 1.807) is 0 Å². The summed E-state index contributed by atoms with van der Waals surface area (Å²) in [6, 6.07) is 2.90. The summed E-state index contributed by atoms with van der Waals surface area (Å²) in [6.07, 6.45) is 0.314. The second-order valence-electron chi connectivity index (χ2n) is 6.42. The number of sulfonamides is 1. The highest BCUT2D eigenvalue weighted by Gasteiger charge is 2.30. The van der Waals surface area contributed by atoms with Crippen molar-refractivity contribution in [1.29, 1.82) is 0 Å². The summed E-state index contributed by atoms with van der Waals surface area (Å²) in [5.74, 6) is -0.300. The van der Waals surface area contributed by atoms with E-state index >= 15 is 0 Å². The van der Waals surface area contributed by atoms with Crippen LogP contribution in [0.4, 0.5) is 13.2 Å². The highest BCUT2D eigenvalue weighted by atomic mass is 35.5. The van der Waals surface area contributed by atoms with Gasteiger partial charge in [-0.15, -0.1) is 0 Å². The third-order valence-electron chi connectivity index (χ3n) is 4.35. The van der Waals surface area contributed by atoms with Gasteiger partial charge >= 0.3 is 6.18 Å². The molecule has 0 aliphatic carbocycles. The minimum atomic E-state index is -4.49. The average Bonchev–Trinajstić information content (AvgIpc) is 2.57. The largest absolute Gasteiger partial charge is 0.416 e. The number of piperidine rings is 1. The van der Waals surface area contributed by atoms with E-state index in [1.807, 2.05) is 0 Å². The van der Waals surface area contributed by atoms with Gasteiger partial charge in [0.2, 0.25) is 15.9 Å². The molecule has 27 heavy (non-hydrogen) atoms. The summed E-state index contributed by atoms with van der Waals surface area (Å²) in [4.78, 5) is 11.9. The summed E-state index contributed by atoms with van der Waals surface area (Å²) >= 11 is 5.87. The van der Waals surface area contributed by atoms with Gasteiger partial charge in [-0.1, -0.05) is 11.6 Å². The Labute approximate surface area is 161 Å². The normalized spacial score (nSPS) is 17.4. The van der Waals surface area contributed by atoms with Gasteiger partial charge in [-0.3, -0.25) is 4.79 Å². The van der Waals surface area contributed by atoms with Crippen molar-refractivity contribution in [3.63, 3.8) is 0 Å². The van der Waals surface area contributed by atoms with Crippen molar-refractivity contribution < 1.29 is 26.4 Å². The molecule has 0 atom stereocenters. The number of hydrogen-bond donors (Lipinski definition) is 1. The van der Waals surface area contributed by atoms with E-state index in [-0.39, 0.29) is 16.5 Å². The molecule has 0 radical (unpaired) electrons. The molecule has 2 rings (SSSR count). The molecule has 5 nitrogen and oxygen atoms in total. The smallest absolute Gasteiger partial charge is 0.352 e. The van der Waals surface area contributed by atoms with E-state index in [2.05, 4.69) is 5.32 Å². The Morgan fingerprint density at radius 2 is 1.96 bits per heavy atom. The average molecular weight is 425 g/mol. The van der Waals surface area contributed by atoms with E-state index in [0.29, 0.717) is 32.5 Å². The first-order valence-electron chi connectivity index (χ1n) is 8.24. The maximum atomic E-state index is 12.7. The van der Waals surface area contributed by atoms with Crippen molar-refractivity contribution in [2.24, 2.45) is 5.92 Å². The van der Waals surface area contributed by atoms with Crippen LogP contribution in [-0.4, -0.2) is 44.5 Å². The van der Waals surface area contributed by atoms with Gasteiger partial charge < -0.3 is 5.32 Å². The summed E-state index contributed by atoms with van der Waals surface area (Å²) in [7, 11) is -3.20. The van der Waals surface area contributed by atoms with Gasteiger partial charge in [0.1, 0.15) is 0 Å². The van der Waals surface area contributed by atoms with Gasteiger partial charge in [-0.25, -0.2) is 12.7 Å². The Morgan fingerprint density at radius 1 is 1.33 bits per heavy atom. The van der Waals surface area contributed by atoms with Crippen LogP contribution in [0.1, 0.15) is 24.0 Å². The highest BCUT2D eigenvalue weighted by Crippen LogP contribution is 2.32. The number of carbonyl (C=O) groups is 1. The lowest BCUT2D eigenvalue weighted by atomic mass is 9.98. The zero-order chi connectivity index (χ0) is 20.2. The number of amides is 1. The molecule has 0 saturated carbocycles. The number of benzene rings is 1. The summed E-state index contributed by atoms with van der Waals surface area (Å²) in [6.45, 7) is 1.20. The Hall–Kier alpha value is -1.58. The van der Waals surface area contributed by atoms with Crippen LogP contribution in [0.2, 0.25) is 5.02 Å². The molecule has 0 unspecified atom stereocenters. The molecular weight excluding hydrogens is 405 g/mol. The highest BCUT2D eigenvalue weighted by molar-refractivity contribution is 7.88. The van der Waals surface area contributed by atoms with Crippen LogP contribution >= 0.6 is 11.6 Å². The molecule has 150 valence electrons. The van der Waals surface area contributed by atoms with Crippen molar-refractivity contribution in [2.45, 2.75) is 19.0 Å². The molecule has 1 aliphatic heterocycles. The fraction of sp³-hybridized carbons (Fsp3) is 0.471. The van der Waals surface area contributed by atoms with E-state index in [9.17, 15) is 26.4 Å². The molecule has 1 aromatic carbocycles. The first-order chi connectivity index (χ1) is 12.5. The Balaban J connectivity index is 1.88. The monoisotopic (exact) mass is 424 g/mol. The second kappa shape index (κ2) is 8.62. The molecular formula is C17H20ClF3N2O3S. The van der Waals surface area contributed by atoms with Crippen LogP contribution < -0.4 is 5.32 Å². The number of halogens is 4. The van der Waals surface area contributed by atoms with Gasteiger partial charge in [-0.05, 0) is 48.6 Å². The summed E-state index contributed by atoms with van der Waals surface area (Å²) in [5, 5.41) is 2.79. The first kappa shape index (κ1) is 21.7. The van der Waals surface area contributed by atoms with Crippen molar-refractivity contribution in [3.8, 4) is 0 Å². The van der Waals surface area contributed by atoms with Crippen LogP contribution in [0, 0.1) is 5.92 Å². The number of hydrogen-bond acceptors (Lipinski definition) is 3. The van der Waals surface area contributed by atoms with Gasteiger partial charge in [-0.2, -0.15) is 13.2 Å². The van der Waals surface area contributed by atoms with Crippen LogP contribution in [0.15, 0.2) is 24.3 Å². The van der Waals surface area contributed by atoms with Crippen molar-refractivity contribution >= 4 is 33.6 Å². The SMILES string of the molecule is CS(=O)(=O)N1CCC(CNC(=O)/C=C/c2cc(C(F)(F)F)ccc2Cl)CC1. The molecule has 0 spiro atoms. The number of alkyl halides is 3. The summed E-state index contributed by atoms with van der Waals surface area (Å²) < 4.78 is 62.5. The van der Waals surface area contributed by atoms with Gasteiger partial charge in [0.05, 0.1) is 11.8 Å². The number of rotatable bonds is 5. The molecule has 1 aromatic rings. The fourth-order valence-electron chi connectivity index (χ4n) is 2.76. The standard InChI is InChI=1S/C17H20ClF3N2O3S/c1-27(25,26)23-8-6-12(7-9-23)11-22-16(24)5-2-13-10-14(17(19,20)21)3-4-15(13)18/h2-5,10,12H,6-9,11H2,1H3,(H,22,24)/b5-2+. The predicted octanol–water partition coefficient (Wildman–Crippen LogP) is 3.16. The molecule has 0 bridgehead atoms. The fourth-order valence-corrected chi connectivity index (χ4v) is 3.82. The third kappa shape index (κ3) is 6.51. The maximum Gasteiger partial charge on any atom is 0.416 e. The van der Waals surface area contributed by atoms with E-state index in [0.717, 1.165) is 24.3 Å². The number of nitrogens with zero attached hydrogens (tertiary/aromatic N) is 1. The van der Waals surface area contributed by atoms with Crippen LogP contribution in [0.25, 0.3) is 6.08 Å². The van der Waals surface area contributed by atoms with Crippen LogP contribution in [-0.2, 0) is 21.0 Å². The molecule has 1 saturated heterocycles. The quantitative estimate of drug-likeness (QED) is 0.738. The van der Waals surface area contributed by atoms with Crippen LogP contribution in [0.5, 0.6) is 0 Å². The molecule has 1 fully saturated rings. The molecule has 1 heterocycles. The van der Waals surface area contributed by atoms with Crippen LogP contribution in [0.3, 0.4) is 0 Å². The molecule has 1 N–H and O–H groups in total. The molecule has 0 aromatic heterocycles. The Morgan fingerprint density at radius 3 is 2.52 bits per heavy atom. The predicted molar refractivity (Wildman–Crippen MR) is 97.6 cm³/mol. The lowest BCUT2D eigenvalue weighted by Crippen LogP contribution is -2.40. The maximum absolute atomic E-state index is 12.7. The van der Waals surface area contributed by atoms with Gasteiger partial charge in [0.25, 0.3) is 0 Å². The van der Waals surface area contributed by atoms with Crippen molar-refractivity contribution in [2.75, 3.05) is 25.9 Å². The minimum absolute atomic E-state index is 0.100. The van der Waals surface area contributed by atoms with Crippen molar-refractivity contribution in [1.82, 2.24) is 9.62 Å². The number of carbonyl (C=O) groups excluding carboxylic acids is 1. The Kier molecular flexibility index (Phi) is 6.93. The van der Waals surface area contributed by atoms with Crippen molar-refractivity contribution in [3.05, 3.63) is 40.4 Å². The lowest BCUT2D eigenvalue weighted by molar-refractivity contribution is -0.137. The van der Waals surface area contributed by atoms with E-state index in [1.165, 1.54) is 16.6 Å². The molecule has 1 aliphatic rings. The first-order valence-corrected chi connectivity index (χ1v) is 10.5. The Bertz CT molecular complexity index is 817. The molecule has 1 amide bonds. The molecule has 10 heteroatoms. The number of nitrogens with one attached hydrogen (secondary N) is 1.